The number of aliphatic hydroxyl groups excluding tert-OH is 1. The molecule has 1 N–H and O–H groups in total. The average Bonchev–Trinajstić information content (AvgIpc) is 2.63. The Morgan fingerprint density at radius 1 is 1.12 bits per heavy atom. The van der Waals surface area contributed by atoms with Crippen LogP contribution < -0.4 is 0 Å². The third-order valence-electron chi connectivity index (χ3n) is 5.19. The molecule has 25 heavy (non-hydrogen) atoms. The van der Waals surface area contributed by atoms with Crippen molar-refractivity contribution < 1.29 is 19.6 Å². The van der Waals surface area contributed by atoms with Gasteiger partial charge in [0, 0.05) is 10.8 Å². The van der Waals surface area contributed by atoms with Crippen molar-refractivity contribution in [3.63, 3.8) is 0 Å². The molecule has 0 spiro atoms. The summed E-state index contributed by atoms with van der Waals surface area (Å²) < 4.78 is 4.84. The molecule has 6 heteroatoms. The fraction of sp³-hybridized carbons (Fsp3) is 0.316. The lowest BCUT2D eigenvalue weighted by Crippen LogP contribution is -2.68. The maximum absolute atomic E-state index is 12.4. The van der Waals surface area contributed by atoms with E-state index in [1.807, 2.05) is 36.4 Å². The predicted octanol–water partition coefficient (Wildman–Crippen LogP) is 2.36. The van der Waals surface area contributed by atoms with Crippen molar-refractivity contribution in [3.8, 4) is 0 Å². The van der Waals surface area contributed by atoms with Crippen LogP contribution in [0.5, 0.6) is 0 Å². The van der Waals surface area contributed by atoms with Gasteiger partial charge >= 0.3 is 5.97 Å². The van der Waals surface area contributed by atoms with Gasteiger partial charge in [0.25, 0.3) is 5.54 Å². The monoisotopic (exact) mass is 341 g/mol. The zero-order valence-corrected chi connectivity index (χ0v) is 13.7. The molecular formula is C19H19NO5. The van der Waals surface area contributed by atoms with Crippen LogP contribution in [0.3, 0.4) is 0 Å². The summed E-state index contributed by atoms with van der Waals surface area (Å²) in [6.45, 7) is -0.733. The van der Waals surface area contributed by atoms with Crippen molar-refractivity contribution in [3.05, 3.63) is 81.9 Å². The first-order chi connectivity index (χ1) is 12.1. The van der Waals surface area contributed by atoms with Gasteiger partial charge in [0.1, 0.15) is 12.5 Å². The minimum Gasteiger partial charge on any atom is -0.469 e. The van der Waals surface area contributed by atoms with Crippen LogP contribution in [-0.4, -0.2) is 35.3 Å². The number of carbonyl (C=O) groups excluding carboxylic acids is 1. The summed E-state index contributed by atoms with van der Waals surface area (Å²) >= 11 is 0. The van der Waals surface area contributed by atoms with Gasteiger partial charge in [-0.05, 0) is 11.1 Å². The molecule has 1 aliphatic carbocycles. The maximum atomic E-state index is 12.4. The van der Waals surface area contributed by atoms with Crippen molar-refractivity contribution in [2.24, 2.45) is 5.92 Å². The lowest BCUT2D eigenvalue weighted by Gasteiger charge is -2.52. The number of esters is 1. The van der Waals surface area contributed by atoms with Crippen LogP contribution in [0, 0.1) is 16.0 Å². The van der Waals surface area contributed by atoms with Crippen LogP contribution in [0.25, 0.3) is 0 Å². The van der Waals surface area contributed by atoms with Gasteiger partial charge in [-0.2, -0.15) is 0 Å². The molecule has 1 saturated carbocycles. The summed E-state index contributed by atoms with van der Waals surface area (Å²) in [5, 5.41) is 21.9. The summed E-state index contributed by atoms with van der Waals surface area (Å²) in [6, 6.07) is 18.2. The molecule has 0 radical (unpaired) electrons. The molecule has 0 saturated heterocycles. The standard InChI is InChI=1S/C19H19NO5/c1-25-18(22)17-15(13-8-4-2-5-9-13)16(14-10-6-3-7-11-14)19(17,12-21)20(23)24/h2-11,15-17,21H,12H2,1H3/t15-,16-,17-,19+/m1/s1. The molecule has 1 aliphatic rings. The number of rotatable bonds is 5. The van der Waals surface area contributed by atoms with E-state index in [0.29, 0.717) is 0 Å². The van der Waals surface area contributed by atoms with Gasteiger partial charge in [0.15, 0.2) is 0 Å². The lowest BCUT2D eigenvalue weighted by molar-refractivity contribution is -0.606. The molecule has 2 aromatic rings. The van der Waals surface area contributed by atoms with Crippen LogP contribution in [0.15, 0.2) is 60.7 Å². The molecule has 1 fully saturated rings. The van der Waals surface area contributed by atoms with Crippen molar-refractivity contribution in [2.75, 3.05) is 13.7 Å². The fourth-order valence-electron chi connectivity index (χ4n) is 4.06. The molecule has 0 heterocycles. The molecule has 0 aromatic heterocycles. The second-order valence-electron chi connectivity index (χ2n) is 6.23. The van der Waals surface area contributed by atoms with Gasteiger partial charge in [-0.1, -0.05) is 60.7 Å². The van der Waals surface area contributed by atoms with E-state index in [1.54, 1.807) is 24.3 Å². The highest BCUT2D eigenvalue weighted by Gasteiger charge is 2.74. The fourth-order valence-corrected chi connectivity index (χ4v) is 4.06. The Morgan fingerprint density at radius 2 is 1.64 bits per heavy atom. The number of hydrogen-bond donors (Lipinski definition) is 1. The first-order valence-electron chi connectivity index (χ1n) is 8.01. The Morgan fingerprint density at radius 3 is 2.08 bits per heavy atom. The highest BCUT2D eigenvalue weighted by atomic mass is 16.6. The van der Waals surface area contributed by atoms with E-state index in [1.165, 1.54) is 7.11 Å². The highest BCUT2D eigenvalue weighted by molar-refractivity contribution is 5.78. The summed E-state index contributed by atoms with van der Waals surface area (Å²) in [5.41, 5.74) is -0.255. The van der Waals surface area contributed by atoms with Gasteiger partial charge < -0.3 is 9.84 Å². The minimum absolute atomic E-state index is 0.436. The molecule has 4 atom stereocenters. The van der Waals surface area contributed by atoms with Crippen molar-refractivity contribution in [1.82, 2.24) is 0 Å². The zero-order chi connectivity index (χ0) is 18.0. The van der Waals surface area contributed by atoms with Crippen molar-refractivity contribution >= 4 is 5.97 Å². The van der Waals surface area contributed by atoms with Crippen LogP contribution in [0.2, 0.25) is 0 Å². The van der Waals surface area contributed by atoms with E-state index in [-0.39, 0.29) is 0 Å². The molecule has 3 rings (SSSR count). The Kier molecular flexibility index (Phi) is 4.55. The van der Waals surface area contributed by atoms with Crippen LogP contribution in [0.4, 0.5) is 0 Å². The number of ether oxygens (including phenoxy) is 1. The lowest BCUT2D eigenvalue weighted by atomic mass is 9.48. The number of nitrogens with zero attached hydrogens (tertiary/aromatic N) is 1. The van der Waals surface area contributed by atoms with E-state index < -0.39 is 40.8 Å². The van der Waals surface area contributed by atoms with Gasteiger partial charge in [-0.15, -0.1) is 0 Å². The van der Waals surface area contributed by atoms with Gasteiger partial charge in [0.2, 0.25) is 0 Å². The van der Waals surface area contributed by atoms with E-state index in [2.05, 4.69) is 0 Å². The zero-order valence-electron chi connectivity index (χ0n) is 13.7. The summed E-state index contributed by atoms with van der Waals surface area (Å²) in [5.74, 6) is -2.79. The Labute approximate surface area is 145 Å². The van der Waals surface area contributed by atoms with Crippen LogP contribution in [-0.2, 0) is 9.53 Å². The highest BCUT2D eigenvalue weighted by Crippen LogP contribution is 2.61. The normalized spacial score (nSPS) is 28.0. The van der Waals surface area contributed by atoms with Crippen LogP contribution in [0.1, 0.15) is 23.0 Å². The van der Waals surface area contributed by atoms with Gasteiger partial charge in [0.05, 0.1) is 13.0 Å². The first kappa shape index (κ1) is 17.1. The second-order valence-corrected chi connectivity index (χ2v) is 6.23. The summed E-state index contributed by atoms with van der Waals surface area (Å²) in [6.07, 6.45) is 0. The molecule has 0 aliphatic heterocycles. The molecule has 0 bridgehead atoms. The Hall–Kier alpha value is -2.73. The van der Waals surface area contributed by atoms with E-state index in [4.69, 9.17) is 4.74 Å². The molecule has 130 valence electrons. The van der Waals surface area contributed by atoms with Gasteiger partial charge in [-0.3, -0.25) is 14.9 Å². The minimum atomic E-state index is -1.80. The topological polar surface area (TPSA) is 89.7 Å². The average molecular weight is 341 g/mol. The molecule has 0 unspecified atom stereocenters. The van der Waals surface area contributed by atoms with Gasteiger partial charge in [-0.25, -0.2) is 0 Å². The van der Waals surface area contributed by atoms with E-state index in [9.17, 15) is 20.0 Å². The second kappa shape index (κ2) is 6.64. The number of carbonyl (C=O) groups is 1. The summed E-state index contributed by atoms with van der Waals surface area (Å²) in [7, 11) is 1.21. The molecule has 6 nitrogen and oxygen atoms in total. The number of aliphatic hydroxyl groups is 1. The van der Waals surface area contributed by atoms with E-state index in [0.717, 1.165) is 11.1 Å². The quantitative estimate of drug-likeness (QED) is 0.512. The number of nitro groups is 1. The Balaban J connectivity index is 2.19. The first-order valence-corrected chi connectivity index (χ1v) is 8.01. The van der Waals surface area contributed by atoms with Crippen LogP contribution >= 0.6 is 0 Å². The predicted molar refractivity (Wildman–Crippen MR) is 90.7 cm³/mol. The largest absolute Gasteiger partial charge is 0.469 e. The third-order valence-corrected chi connectivity index (χ3v) is 5.19. The SMILES string of the molecule is COC(=O)[C@H]1[C@H](c2ccccc2)[C@@H](c2ccccc2)[C@]1(CO)[N+](=O)[O-]. The van der Waals surface area contributed by atoms with Crippen molar-refractivity contribution in [2.45, 2.75) is 17.4 Å². The van der Waals surface area contributed by atoms with E-state index >= 15 is 0 Å². The Bertz CT molecular complexity index is 764. The maximum Gasteiger partial charge on any atom is 0.316 e. The summed E-state index contributed by atoms with van der Waals surface area (Å²) in [4.78, 5) is 23.8. The smallest absolute Gasteiger partial charge is 0.316 e. The molecule has 0 amide bonds. The third kappa shape index (κ3) is 2.49. The van der Waals surface area contributed by atoms with Crippen molar-refractivity contribution in [1.29, 1.82) is 0 Å². The molecule has 2 aromatic carbocycles. The number of methoxy groups -OCH3 is 1. The number of benzene rings is 2. The molecular weight excluding hydrogens is 322 g/mol. The number of hydrogen-bond acceptors (Lipinski definition) is 5.